The fourth-order valence-electron chi connectivity index (χ4n) is 2.20. The summed E-state index contributed by atoms with van der Waals surface area (Å²) >= 11 is 12.8. The van der Waals surface area contributed by atoms with Crippen LogP contribution in [0.1, 0.15) is 16.8 Å². The monoisotopic (exact) mass is 394 g/mol. The number of aromatic nitrogens is 1. The van der Waals surface area contributed by atoms with Gasteiger partial charge in [-0.3, -0.25) is 4.98 Å². The van der Waals surface area contributed by atoms with Gasteiger partial charge in [0.15, 0.2) is 0 Å². The lowest BCUT2D eigenvalue weighted by atomic mass is 10.1. The number of halogens is 2. The number of methoxy groups -OCH3 is 1. The fraction of sp³-hybridized carbons (Fsp3) is 0.357. The highest BCUT2D eigenvalue weighted by Crippen LogP contribution is 2.36. The van der Waals surface area contributed by atoms with Gasteiger partial charge >= 0.3 is 0 Å². The summed E-state index contributed by atoms with van der Waals surface area (Å²) in [7, 11) is -0.694. The average molecular weight is 395 g/mol. The van der Waals surface area contributed by atoms with Gasteiger partial charge in [0.1, 0.15) is 15.0 Å². The molecular formula is C14H16Cl2N2O3S2. The first-order valence-electron chi connectivity index (χ1n) is 6.58. The van der Waals surface area contributed by atoms with Gasteiger partial charge in [0.25, 0.3) is 0 Å². The molecule has 0 bridgehead atoms. The van der Waals surface area contributed by atoms with E-state index in [0.717, 1.165) is 22.5 Å². The van der Waals surface area contributed by atoms with Crippen molar-refractivity contribution in [2.75, 3.05) is 14.2 Å². The lowest BCUT2D eigenvalue weighted by Gasteiger charge is -2.19. The zero-order chi connectivity index (χ0) is 17.4. The summed E-state index contributed by atoms with van der Waals surface area (Å²) < 4.78 is 32.3. The molecule has 2 aromatic rings. The Morgan fingerprint density at radius 1 is 1.35 bits per heavy atom. The Labute approximate surface area is 149 Å². The number of hydrogen-bond donors (Lipinski definition) is 0. The van der Waals surface area contributed by atoms with E-state index >= 15 is 0 Å². The smallest absolute Gasteiger partial charge is 0.245 e. The summed E-state index contributed by atoms with van der Waals surface area (Å²) in [5.41, 5.74) is 2.33. The van der Waals surface area contributed by atoms with Crippen LogP contribution >= 0.6 is 34.5 Å². The molecule has 2 rings (SSSR count). The first-order chi connectivity index (χ1) is 10.7. The quantitative estimate of drug-likeness (QED) is 0.771. The molecule has 0 saturated heterocycles. The van der Waals surface area contributed by atoms with Crippen molar-refractivity contribution in [3.05, 3.63) is 37.8 Å². The van der Waals surface area contributed by atoms with E-state index in [-0.39, 0.29) is 15.8 Å². The number of nitrogens with zero attached hydrogens (tertiary/aromatic N) is 2. The number of rotatable bonds is 5. The number of sulfonamides is 1. The Kier molecular flexibility index (Phi) is 5.58. The van der Waals surface area contributed by atoms with Crippen LogP contribution in [0.5, 0.6) is 5.75 Å². The van der Waals surface area contributed by atoms with Gasteiger partial charge in [-0.05, 0) is 19.9 Å². The minimum atomic E-state index is -3.75. The molecule has 0 N–H and O–H groups in total. The predicted molar refractivity (Wildman–Crippen MR) is 93.3 cm³/mol. The van der Waals surface area contributed by atoms with Crippen LogP contribution in [-0.2, 0) is 16.6 Å². The van der Waals surface area contributed by atoms with Crippen molar-refractivity contribution in [2.45, 2.75) is 25.3 Å². The van der Waals surface area contributed by atoms with Crippen molar-refractivity contribution in [1.82, 2.24) is 9.29 Å². The van der Waals surface area contributed by atoms with Crippen LogP contribution < -0.4 is 4.74 Å². The minimum absolute atomic E-state index is 0.00777. The fourth-order valence-corrected chi connectivity index (χ4v) is 5.44. The predicted octanol–water partition coefficient (Wildman–Crippen LogP) is 3.90. The Hall–Kier alpha value is -0.860. The van der Waals surface area contributed by atoms with E-state index in [4.69, 9.17) is 27.9 Å². The maximum absolute atomic E-state index is 12.6. The van der Waals surface area contributed by atoms with Crippen LogP contribution in [0.2, 0.25) is 8.67 Å². The van der Waals surface area contributed by atoms with Gasteiger partial charge in [-0.1, -0.05) is 23.2 Å². The normalized spacial score (nSPS) is 12.0. The molecule has 0 atom stereocenters. The standard InChI is InChI=1S/C14H16Cl2N2O3S2/c1-8-6-17-10(9(2)13(8)21-4)7-18(3)23(19,20)11-5-12(15)22-14(11)16/h5-6H,7H2,1-4H3. The lowest BCUT2D eigenvalue weighted by molar-refractivity contribution is 0.404. The first-order valence-corrected chi connectivity index (χ1v) is 9.60. The van der Waals surface area contributed by atoms with E-state index in [0.29, 0.717) is 15.8 Å². The second kappa shape index (κ2) is 6.94. The summed E-state index contributed by atoms with van der Waals surface area (Å²) in [6.07, 6.45) is 1.66. The molecule has 9 heteroatoms. The third kappa shape index (κ3) is 3.64. The second-order valence-electron chi connectivity index (χ2n) is 5.00. The number of pyridine rings is 1. The van der Waals surface area contributed by atoms with E-state index in [9.17, 15) is 8.42 Å². The molecule has 0 aliphatic heterocycles. The van der Waals surface area contributed by atoms with E-state index in [2.05, 4.69) is 4.98 Å². The summed E-state index contributed by atoms with van der Waals surface area (Å²) in [5, 5.41) is 0. The highest BCUT2D eigenvalue weighted by atomic mass is 35.5. The third-order valence-electron chi connectivity index (χ3n) is 3.44. The average Bonchev–Trinajstić information content (AvgIpc) is 2.82. The van der Waals surface area contributed by atoms with Crippen molar-refractivity contribution >= 4 is 44.6 Å². The van der Waals surface area contributed by atoms with Crippen LogP contribution in [0, 0.1) is 13.8 Å². The molecule has 126 valence electrons. The zero-order valence-electron chi connectivity index (χ0n) is 13.1. The van der Waals surface area contributed by atoms with Gasteiger partial charge in [-0.15, -0.1) is 11.3 Å². The molecule has 0 saturated carbocycles. The number of aryl methyl sites for hydroxylation is 1. The van der Waals surface area contributed by atoms with Gasteiger partial charge in [0.05, 0.1) is 23.7 Å². The van der Waals surface area contributed by atoms with Crippen molar-refractivity contribution in [1.29, 1.82) is 0 Å². The lowest BCUT2D eigenvalue weighted by Crippen LogP contribution is -2.27. The van der Waals surface area contributed by atoms with Crippen LogP contribution in [0.3, 0.4) is 0 Å². The van der Waals surface area contributed by atoms with Crippen LogP contribution in [0.4, 0.5) is 0 Å². The summed E-state index contributed by atoms with van der Waals surface area (Å²) in [4.78, 5) is 4.33. The highest BCUT2D eigenvalue weighted by molar-refractivity contribution is 7.89. The second-order valence-corrected chi connectivity index (χ2v) is 9.29. The maximum atomic E-state index is 12.6. The Morgan fingerprint density at radius 2 is 2.00 bits per heavy atom. The number of hydrogen-bond acceptors (Lipinski definition) is 5. The van der Waals surface area contributed by atoms with Gasteiger partial charge in [0, 0.05) is 24.4 Å². The molecule has 0 unspecified atom stereocenters. The molecule has 0 aromatic carbocycles. The van der Waals surface area contributed by atoms with Crippen LogP contribution in [-0.4, -0.2) is 31.9 Å². The Balaban J connectivity index is 2.36. The molecule has 0 fully saturated rings. The molecule has 0 aliphatic carbocycles. The van der Waals surface area contributed by atoms with Gasteiger partial charge < -0.3 is 4.74 Å². The van der Waals surface area contributed by atoms with Gasteiger partial charge in [-0.25, -0.2) is 8.42 Å². The van der Waals surface area contributed by atoms with Crippen molar-refractivity contribution < 1.29 is 13.2 Å². The molecule has 23 heavy (non-hydrogen) atoms. The molecule has 0 aliphatic rings. The molecular weight excluding hydrogens is 379 g/mol. The van der Waals surface area contributed by atoms with Gasteiger partial charge in [0.2, 0.25) is 10.0 Å². The van der Waals surface area contributed by atoms with E-state index < -0.39 is 10.0 Å². The summed E-state index contributed by atoms with van der Waals surface area (Å²) in [5.74, 6) is 0.706. The molecule has 5 nitrogen and oxygen atoms in total. The van der Waals surface area contributed by atoms with Crippen LogP contribution in [0.15, 0.2) is 17.2 Å². The molecule has 0 spiro atoms. The van der Waals surface area contributed by atoms with Gasteiger partial charge in [-0.2, -0.15) is 4.31 Å². The minimum Gasteiger partial charge on any atom is -0.496 e. The van der Waals surface area contributed by atoms with Crippen molar-refractivity contribution in [3.8, 4) is 5.75 Å². The number of thiophene rings is 1. The van der Waals surface area contributed by atoms with E-state index in [1.54, 1.807) is 13.3 Å². The van der Waals surface area contributed by atoms with Crippen molar-refractivity contribution in [3.63, 3.8) is 0 Å². The summed E-state index contributed by atoms with van der Waals surface area (Å²) in [6.45, 7) is 3.84. The van der Waals surface area contributed by atoms with Crippen molar-refractivity contribution in [2.24, 2.45) is 0 Å². The Bertz CT molecular complexity index is 835. The van der Waals surface area contributed by atoms with Crippen LogP contribution in [0.25, 0.3) is 0 Å². The molecule has 0 radical (unpaired) electrons. The van der Waals surface area contributed by atoms with E-state index in [1.165, 1.54) is 17.4 Å². The molecule has 0 amide bonds. The Morgan fingerprint density at radius 3 is 2.52 bits per heavy atom. The zero-order valence-corrected chi connectivity index (χ0v) is 16.2. The van der Waals surface area contributed by atoms with E-state index in [1.807, 2.05) is 13.8 Å². The maximum Gasteiger partial charge on any atom is 0.245 e. The largest absolute Gasteiger partial charge is 0.496 e. The SMILES string of the molecule is COc1c(C)cnc(CN(C)S(=O)(=O)c2cc(Cl)sc2Cl)c1C. The molecule has 2 heterocycles. The third-order valence-corrected chi connectivity index (χ3v) is 6.99. The topological polar surface area (TPSA) is 59.5 Å². The number of ether oxygens (including phenoxy) is 1. The highest BCUT2D eigenvalue weighted by Gasteiger charge is 2.27. The summed E-state index contributed by atoms with van der Waals surface area (Å²) in [6, 6.07) is 1.36. The molecule has 2 aromatic heterocycles. The first kappa shape index (κ1) is 18.5.